The molecule has 1 heterocycles. The molecule has 8 heteroatoms. The molecule has 0 amide bonds. The lowest BCUT2D eigenvalue weighted by molar-refractivity contribution is 0.628. The molecule has 0 aliphatic heterocycles. The number of anilines is 3. The van der Waals surface area contributed by atoms with E-state index in [1.807, 2.05) is 24.3 Å². The topological polar surface area (TPSA) is 62.7 Å². The van der Waals surface area contributed by atoms with Crippen LogP contribution in [0.1, 0.15) is 5.56 Å². The van der Waals surface area contributed by atoms with Crippen molar-refractivity contribution in [2.75, 3.05) is 10.6 Å². The van der Waals surface area contributed by atoms with E-state index in [0.717, 1.165) is 5.56 Å². The van der Waals surface area contributed by atoms with Crippen LogP contribution in [-0.4, -0.2) is 15.2 Å². The third-order valence-corrected chi connectivity index (χ3v) is 3.80. The summed E-state index contributed by atoms with van der Waals surface area (Å²) in [6.07, 6.45) is 1.46. The van der Waals surface area contributed by atoms with Crippen LogP contribution in [0, 0.1) is 5.82 Å². The lowest BCUT2D eigenvalue weighted by atomic mass is 10.2. The third-order valence-electron chi connectivity index (χ3n) is 3.15. The summed E-state index contributed by atoms with van der Waals surface area (Å²) in [5.41, 5.74) is 1.52. The fraction of sp³-hybridized carbons (Fsp3) is 0.0625. The molecule has 24 heavy (non-hydrogen) atoms. The van der Waals surface area contributed by atoms with Crippen LogP contribution in [0.5, 0.6) is 0 Å². The largest absolute Gasteiger partial charge is 0.349 e. The minimum atomic E-state index is -0.481. The quantitative estimate of drug-likeness (QED) is 0.689. The van der Waals surface area contributed by atoms with Crippen molar-refractivity contribution < 1.29 is 4.39 Å². The molecule has 0 radical (unpaired) electrons. The number of benzene rings is 2. The van der Waals surface area contributed by atoms with E-state index >= 15 is 0 Å². The highest BCUT2D eigenvalue weighted by Crippen LogP contribution is 2.22. The van der Waals surface area contributed by atoms with Gasteiger partial charge in [0.25, 0.3) is 0 Å². The highest BCUT2D eigenvalue weighted by atomic mass is 35.5. The molecule has 0 unspecified atom stereocenters. The molecule has 5 nitrogen and oxygen atoms in total. The monoisotopic (exact) mass is 363 g/mol. The minimum absolute atomic E-state index is 0.0269. The van der Waals surface area contributed by atoms with Crippen LogP contribution < -0.4 is 10.6 Å². The maximum atomic E-state index is 13.2. The molecule has 2 N–H and O–H groups in total. The van der Waals surface area contributed by atoms with Gasteiger partial charge in [-0.15, -0.1) is 5.10 Å². The highest BCUT2D eigenvalue weighted by molar-refractivity contribution is 6.31. The first-order valence-corrected chi connectivity index (χ1v) is 7.76. The second-order valence-electron chi connectivity index (χ2n) is 4.86. The van der Waals surface area contributed by atoms with Crippen LogP contribution in [0.2, 0.25) is 10.0 Å². The van der Waals surface area contributed by atoms with Crippen LogP contribution in [0.15, 0.2) is 48.7 Å². The van der Waals surface area contributed by atoms with Crippen molar-refractivity contribution in [2.24, 2.45) is 0 Å². The normalized spacial score (nSPS) is 10.5. The summed E-state index contributed by atoms with van der Waals surface area (Å²) in [5.74, 6) is 0.313. The lowest BCUT2D eigenvalue weighted by Crippen LogP contribution is -2.06. The van der Waals surface area contributed by atoms with Gasteiger partial charge in [0.15, 0.2) is 5.82 Å². The standard InChI is InChI=1S/C16H12Cl2FN5/c17-12-4-2-1-3-10(12)8-20-16-23-15(9-21-24-16)22-11-5-6-14(19)13(18)7-11/h1-7,9H,8H2,(H2,20,22,23,24). The molecule has 2 aromatic carbocycles. The van der Waals surface area contributed by atoms with Crippen LogP contribution in [0.25, 0.3) is 0 Å². The third kappa shape index (κ3) is 4.10. The van der Waals surface area contributed by atoms with Gasteiger partial charge < -0.3 is 10.6 Å². The number of hydrogen-bond donors (Lipinski definition) is 2. The van der Waals surface area contributed by atoms with Crippen LogP contribution in [0.4, 0.5) is 21.8 Å². The smallest absolute Gasteiger partial charge is 0.244 e. The Morgan fingerprint density at radius 2 is 1.88 bits per heavy atom. The summed E-state index contributed by atoms with van der Waals surface area (Å²) in [4.78, 5) is 4.29. The molecule has 0 aliphatic carbocycles. The number of halogens is 3. The summed E-state index contributed by atoms with van der Waals surface area (Å²) >= 11 is 11.9. The molecule has 0 bridgehead atoms. The van der Waals surface area contributed by atoms with Gasteiger partial charge in [0, 0.05) is 17.3 Å². The maximum absolute atomic E-state index is 13.2. The zero-order valence-corrected chi connectivity index (χ0v) is 13.8. The van der Waals surface area contributed by atoms with Crippen molar-refractivity contribution in [3.05, 3.63) is 70.1 Å². The van der Waals surface area contributed by atoms with Gasteiger partial charge in [-0.05, 0) is 29.8 Å². The Labute approximate surface area is 147 Å². The van der Waals surface area contributed by atoms with Crippen molar-refractivity contribution in [2.45, 2.75) is 6.54 Å². The highest BCUT2D eigenvalue weighted by Gasteiger charge is 2.05. The molecule has 0 fully saturated rings. The molecular weight excluding hydrogens is 352 g/mol. The Balaban J connectivity index is 1.69. The van der Waals surface area contributed by atoms with Crippen molar-refractivity contribution in [1.82, 2.24) is 15.2 Å². The number of rotatable bonds is 5. The van der Waals surface area contributed by atoms with Gasteiger partial charge in [0.05, 0.1) is 11.2 Å². The average molecular weight is 364 g/mol. The molecule has 0 spiro atoms. The maximum Gasteiger partial charge on any atom is 0.244 e. The van der Waals surface area contributed by atoms with Gasteiger partial charge in [0.2, 0.25) is 5.95 Å². The van der Waals surface area contributed by atoms with E-state index in [4.69, 9.17) is 23.2 Å². The van der Waals surface area contributed by atoms with E-state index in [1.54, 1.807) is 6.07 Å². The molecule has 0 saturated carbocycles. The summed E-state index contributed by atoms with van der Waals surface area (Å²) in [5, 5.41) is 14.5. The summed E-state index contributed by atoms with van der Waals surface area (Å²) < 4.78 is 13.2. The Kier molecular flexibility index (Phi) is 5.08. The van der Waals surface area contributed by atoms with Gasteiger partial charge in [-0.3, -0.25) is 0 Å². The predicted molar refractivity (Wildman–Crippen MR) is 93.3 cm³/mol. The fourth-order valence-electron chi connectivity index (χ4n) is 1.98. The Morgan fingerprint density at radius 1 is 1.04 bits per heavy atom. The zero-order chi connectivity index (χ0) is 16.9. The van der Waals surface area contributed by atoms with Crippen LogP contribution in [-0.2, 0) is 6.54 Å². The molecule has 3 rings (SSSR count). The Hall–Kier alpha value is -2.44. The molecule has 0 aliphatic rings. The Bertz CT molecular complexity index is 859. The molecular formula is C16H12Cl2FN5. The van der Waals surface area contributed by atoms with Crippen molar-refractivity contribution in [3.8, 4) is 0 Å². The number of aromatic nitrogens is 3. The zero-order valence-electron chi connectivity index (χ0n) is 12.3. The fourth-order valence-corrected chi connectivity index (χ4v) is 2.36. The van der Waals surface area contributed by atoms with Gasteiger partial charge in [-0.2, -0.15) is 10.1 Å². The molecule has 122 valence electrons. The average Bonchev–Trinajstić information content (AvgIpc) is 2.58. The van der Waals surface area contributed by atoms with Gasteiger partial charge in [-0.1, -0.05) is 41.4 Å². The van der Waals surface area contributed by atoms with Crippen molar-refractivity contribution in [3.63, 3.8) is 0 Å². The second-order valence-corrected chi connectivity index (χ2v) is 5.68. The van der Waals surface area contributed by atoms with E-state index in [0.29, 0.717) is 29.0 Å². The van der Waals surface area contributed by atoms with E-state index in [2.05, 4.69) is 25.8 Å². The van der Waals surface area contributed by atoms with Crippen LogP contribution in [0.3, 0.4) is 0 Å². The van der Waals surface area contributed by atoms with Gasteiger partial charge >= 0.3 is 0 Å². The molecule has 0 saturated heterocycles. The second kappa shape index (κ2) is 7.42. The minimum Gasteiger partial charge on any atom is -0.349 e. The summed E-state index contributed by atoms with van der Waals surface area (Å²) in [6.45, 7) is 0.465. The summed E-state index contributed by atoms with van der Waals surface area (Å²) in [7, 11) is 0. The number of nitrogens with one attached hydrogen (secondary N) is 2. The van der Waals surface area contributed by atoms with Crippen molar-refractivity contribution >= 4 is 40.7 Å². The van der Waals surface area contributed by atoms with Crippen molar-refractivity contribution in [1.29, 1.82) is 0 Å². The van der Waals surface area contributed by atoms with E-state index < -0.39 is 5.82 Å². The molecule has 0 atom stereocenters. The number of hydrogen-bond acceptors (Lipinski definition) is 5. The van der Waals surface area contributed by atoms with E-state index in [9.17, 15) is 4.39 Å². The predicted octanol–water partition coefficient (Wildman–Crippen LogP) is 4.67. The van der Waals surface area contributed by atoms with E-state index in [-0.39, 0.29) is 5.02 Å². The van der Waals surface area contributed by atoms with E-state index in [1.165, 1.54) is 18.3 Å². The SMILES string of the molecule is Fc1ccc(Nc2cnnc(NCc3ccccc3Cl)n2)cc1Cl. The van der Waals surface area contributed by atoms with Gasteiger partial charge in [0.1, 0.15) is 5.82 Å². The summed E-state index contributed by atoms with van der Waals surface area (Å²) in [6, 6.07) is 11.8. The first-order chi connectivity index (χ1) is 11.6. The number of nitrogens with zero attached hydrogens (tertiary/aromatic N) is 3. The molecule has 3 aromatic rings. The first-order valence-electron chi connectivity index (χ1n) is 7.01. The van der Waals surface area contributed by atoms with Gasteiger partial charge in [-0.25, -0.2) is 4.39 Å². The Morgan fingerprint density at radius 3 is 2.67 bits per heavy atom. The lowest BCUT2D eigenvalue weighted by Gasteiger charge is -2.09. The first kappa shape index (κ1) is 16.4. The van der Waals surface area contributed by atoms with Crippen LogP contribution >= 0.6 is 23.2 Å². The molecule has 1 aromatic heterocycles.